The van der Waals surface area contributed by atoms with Crippen LogP contribution in [-0.2, 0) is 6.42 Å². The number of hydrogen-bond acceptors (Lipinski definition) is 2. The van der Waals surface area contributed by atoms with Gasteiger partial charge in [0.1, 0.15) is 0 Å². The third-order valence-electron chi connectivity index (χ3n) is 2.70. The molecule has 0 unspecified atom stereocenters. The van der Waals surface area contributed by atoms with Crippen molar-refractivity contribution in [3.05, 3.63) is 35.4 Å². The van der Waals surface area contributed by atoms with Crippen LogP contribution in [0.2, 0.25) is 0 Å². The Hall–Kier alpha value is -0.860. The minimum Gasteiger partial charge on any atom is -0.395 e. The van der Waals surface area contributed by atoms with Crippen molar-refractivity contribution in [1.29, 1.82) is 0 Å². The van der Waals surface area contributed by atoms with Gasteiger partial charge in [-0.25, -0.2) is 0 Å². The van der Waals surface area contributed by atoms with Gasteiger partial charge in [0, 0.05) is 12.1 Å². The highest BCUT2D eigenvalue weighted by molar-refractivity contribution is 5.24. The highest BCUT2D eigenvalue weighted by Crippen LogP contribution is 2.14. The predicted molar refractivity (Wildman–Crippen MR) is 63.9 cm³/mol. The lowest BCUT2D eigenvalue weighted by atomic mass is 10.0. The first-order valence-corrected chi connectivity index (χ1v) is 5.63. The van der Waals surface area contributed by atoms with Gasteiger partial charge in [0.15, 0.2) is 0 Å². The molecule has 0 saturated carbocycles. The van der Waals surface area contributed by atoms with Crippen LogP contribution in [0.15, 0.2) is 24.3 Å². The summed E-state index contributed by atoms with van der Waals surface area (Å²) in [6, 6.07) is 9.07. The Labute approximate surface area is 92.3 Å². The fraction of sp³-hybridized carbons (Fsp3) is 0.538. The molecule has 0 aliphatic carbocycles. The maximum absolute atomic E-state index is 8.95. The summed E-state index contributed by atoms with van der Waals surface area (Å²) < 4.78 is 0. The summed E-state index contributed by atoms with van der Waals surface area (Å²) in [5, 5.41) is 12.3. The number of nitrogens with one attached hydrogen (secondary N) is 1. The second-order valence-corrected chi connectivity index (χ2v) is 4.07. The van der Waals surface area contributed by atoms with E-state index in [4.69, 9.17) is 5.11 Å². The third kappa shape index (κ3) is 3.65. The standard InChI is InChI=1S/C13H21NO/c1-4-12-5-7-13(8-6-12)11(3)14-10(2)9-15/h5-8,10-11,14-15H,4,9H2,1-3H3/t10-,11+/m0/s1. The van der Waals surface area contributed by atoms with E-state index in [1.807, 2.05) is 6.92 Å². The molecular weight excluding hydrogens is 186 g/mol. The van der Waals surface area contributed by atoms with Crippen LogP contribution in [0.1, 0.15) is 37.9 Å². The number of aliphatic hydroxyl groups excluding tert-OH is 1. The van der Waals surface area contributed by atoms with E-state index in [0.717, 1.165) is 6.42 Å². The highest BCUT2D eigenvalue weighted by atomic mass is 16.3. The zero-order valence-corrected chi connectivity index (χ0v) is 9.83. The fourth-order valence-corrected chi connectivity index (χ4v) is 1.62. The van der Waals surface area contributed by atoms with Crippen LogP contribution in [0, 0.1) is 0 Å². The van der Waals surface area contributed by atoms with Crippen molar-refractivity contribution < 1.29 is 5.11 Å². The van der Waals surface area contributed by atoms with Gasteiger partial charge in [-0.1, -0.05) is 31.2 Å². The monoisotopic (exact) mass is 207 g/mol. The lowest BCUT2D eigenvalue weighted by Gasteiger charge is -2.18. The summed E-state index contributed by atoms with van der Waals surface area (Å²) in [5.41, 5.74) is 2.63. The smallest absolute Gasteiger partial charge is 0.0582 e. The Morgan fingerprint density at radius 3 is 2.27 bits per heavy atom. The molecule has 0 amide bonds. The molecule has 84 valence electrons. The molecule has 1 rings (SSSR count). The predicted octanol–water partition coefficient (Wildman–Crippen LogP) is 2.28. The normalized spacial score (nSPS) is 14.9. The van der Waals surface area contributed by atoms with Crippen molar-refractivity contribution in [2.24, 2.45) is 0 Å². The number of aryl methyl sites for hydroxylation is 1. The molecule has 1 aromatic carbocycles. The SMILES string of the molecule is CCc1ccc([C@@H](C)N[C@@H](C)CO)cc1. The lowest BCUT2D eigenvalue weighted by molar-refractivity contribution is 0.243. The van der Waals surface area contributed by atoms with E-state index in [2.05, 4.69) is 43.4 Å². The molecule has 1 aromatic rings. The summed E-state index contributed by atoms with van der Waals surface area (Å²) in [7, 11) is 0. The van der Waals surface area contributed by atoms with Crippen molar-refractivity contribution in [3.8, 4) is 0 Å². The number of benzene rings is 1. The summed E-state index contributed by atoms with van der Waals surface area (Å²) in [6.45, 7) is 6.44. The summed E-state index contributed by atoms with van der Waals surface area (Å²) in [5.74, 6) is 0. The Balaban J connectivity index is 2.61. The maximum Gasteiger partial charge on any atom is 0.0582 e. The molecule has 0 radical (unpaired) electrons. The summed E-state index contributed by atoms with van der Waals surface area (Å²) in [6.07, 6.45) is 1.08. The largest absolute Gasteiger partial charge is 0.395 e. The van der Waals surface area contributed by atoms with Gasteiger partial charge < -0.3 is 10.4 Å². The molecule has 0 spiro atoms. The van der Waals surface area contributed by atoms with Gasteiger partial charge in [0.05, 0.1) is 6.61 Å². The molecule has 0 fully saturated rings. The lowest BCUT2D eigenvalue weighted by Crippen LogP contribution is -2.31. The van der Waals surface area contributed by atoms with Crippen molar-refractivity contribution in [2.45, 2.75) is 39.3 Å². The molecule has 0 heterocycles. The summed E-state index contributed by atoms with van der Waals surface area (Å²) in [4.78, 5) is 0. The fourth-order valence-electron chi connectivity index (χ4n) is 1.62. The van der Waals surface area contributed by atoms with E-state index in [-0.39, 0.29) is 18.7 Å². The van der Waals surface area contributed by atoms with Gasteiger partial charge in [-0.15, -0.1) is 0 Å². The summed E-state index contributed by atoms with van der Waals surface area (Å²) >= 11 is 0. The molecule has 2 nitrogen and oxygen atoms in total. The molecule has 0 saturated heterocycles. The Bertz CT molecular complexity index is 281. The van der Waals surface area contributed by atoms with Gasteiger partial charge in [-0.05, 0) is 31.4 Å². The molecule has 0 aromatic heterocycles. The average Bonchev–Trinajstić information content (AvgIpc) is 2.29. The van der Waals surface area contributed by atoms with Crippen LogP contribution in [0.4, 0.5) is 0 Å². The Morgan fingerprint density at radius 2 is 1.80 bits per heavy atom. The van der Waals surface area contributed by atoms with Crippen LogP contribution in [0.25, 0.3) is 0 Å². The molecule has 2 atom stereocenters. The van der Waals surface area contributed by atoms with Crippen LogP contribution >= 0.6 is 0 Å². The van der Waals surface area contributed by atoms with E-state index in [9.17, 15) is 0 Å². The van der Waals surface area contributed by atoms with E-state index >= 15 is 0 Å². The van der Waals surface area contributed by atoms with Gasteiger partial charge in [-0.2, -0.15) is 0 Å². The quantitative estimate of drug-likeness (QED) is 0.776. The van der Waals surface area contributed by atoms with Crippen molar-refractivity contribution >= 4 is 0 Å². The van der Waals surface area contributed by atoms with Gasteiger partial charge in [0.2, 0.25) is 0 Å². The first kappa shape index (κ1) is 12.2. The first-order chi connectivity index (χ1) is 7.17. The van der Waals surface area contributed by atoms with E-state index < -0.39 is 0 Å². The van der Waals surface area contributed by atoms with E-state index in [1.54, 1.807) is 0 Å². The number of rotatable bonds is 5. The number of hydrogen-bond donors (Lipinski definition) is 2. The maximum atomic E-state index is 8.95. The molecule has 0 aliphatic rings. The van der Waals surface area contributed by atoms with Crippen LogP contribution in [0.5, 0.6) is 0 Å². The average molecular weight is 207 g/mol. The topological polar surface area (TPSA) is 32.3 Å². The Morgan fingerprint density at radius 1 is 1.20 bits per heavy atom. The van der Waals surface area contributed by atoms with Gasteiger partial charge >= 0.3 is 0 Å². The van der Waals surface area contributed by atoms with Crippen molar-refractivity contribution in [1.82, 2.24) is 5.32 Å². The van der Waals surface area contributed by atoms with Crippen LogP contribution in [-0.4, -0.2) is 17.8 Å². The Kier molecular flexibility index (Phi) is 4.79. The van der Waals surface area contributed by atoms with E-state index in [0.29, 0.717) is 0 Å². The molecule has 2 heteroatoms. The third-order valence-corrected chi connectivity index (χ3v) is 2.70. The zero-order chi connectivity index (χ0) is 11.3. The molecule has 0 bridgehead atoms. The zero-order valence-electron chi connectivity index (χ0n) is 9.83. The van der Waals surface area contributed by atoms with Crippen LogP contribution in [0.3, 0.4) is 0 Å². The minimum atomic E-state index is 0.144. The van der Waals surface area contributed by atoms with Crippen LogP contribution < -0.4 is 5.32 Å². The first-order valence-electron chi connectivity index (χ1n) is 5.63. The molecular formula is C13H21NO. The van der Waals surface area contributed by atoms with Gasteiger partial charge in [0.25, 0.3) is 0 Å². The molecule has 15 heavy (non-hydrogen) atoms. The van der Waals surface area contributed by atoms with Crippen molar-refractivity contribution in [3.63, 3.8) is 0 Å². The minimum absolute atomic E-state index is 0.144. The molecule has 2 N–H and O–H groups in total. The van der Waals surface area contributed by atoms with Gasteiger partial charge in [-0.3, -0.25) is 0 Å². The number of aliphatic hydroxyl groups is 1. The second kappa shape index (κ2) is 5.89. The van der Waals surface area contributed by atoms with E-state index in [1.165, 1.54) is 11.1 Å². The van der Waals surface area contributed by atoms with Crippen molar-refractivity contribution in [2.75, 3.05) is 6.61 Å². The molecule has 0 aliphatic heterocycles. The highest BCUT2D eigenvalue weighted by Gasteiger charge is 2.07. The second-order valence-electron chi connectivity index (χ2n) is 4.07.